The van der Waals surface area contributed by atoms with E-state index in [9.17, 15) is 9.59 Å². The summed E-state index contributed by atoms with van der Waals surface area (Å²) >= 11 is 0. The topological polar surface area (TPSA) is 59.8 Å². The van der Waals surface area contributed by atoms with Gasteiger partial charge in [0.1, 0.15) is 16.9 Å². The summed E-state index contributed by atoms with van der Waals surface area (Å²) in [5.74, 6) is 0.301. The third kappa shape index (κ3) is 2.48. The maximum absolute atomic E-state index is 13.1. The maximum Gasteiger partial charge on any atom is 0.349 e. The van der Waals surface area contributed by atoms with E-state index in [0.29, 0.717) is 16.7 Å². The average Bonchev–Trinajstić information content (AvgIpc) is 2.96. The Kier molecular flexibility index (Phi) is 3.57. The SMILES string of the molecule is COc1ccc2oc(=O)c(C(=O)N3c4ccccc4C[C@@H]3C)cc2c1. The van der Waals surface area contributed by atoms with E-state index in [2.05, 4.69) is 0 Å². The van der Waals surface area contributed by atoms with Gasteiger partial charge >= 0.3 is 5.63 Å². The predicted octanol–water partition coefficient (Wildman–Crippen LogP) is 3.39. The van der Waals surface area contributed by atoms with Crippen LogP contribution in [0, 0.1) is 0 Å². The first-order valence-electron chi connectivity index (χ1n) is 8.12. The fourth-order valence-electron chi connectivity index (χ4n) is 3.38. The molecule has 0 saturated carbocycles. The van der Waals surface area contributed by atoms with Gasteiger partial charge in [0.05, 0.1) is 7.11 Å². The molecule has 0 spiro atoms. The zero-order valence-corrected chi connectivity index (χ0v) is 14.0. The van der Waals surface area contributed by atoms with Gasteiger partial charge in [-0.25, -0.2) is 4.79 Å². The highest BCUT2D eigenvalue weighted by Crippen LogP contribution is 2.33. The van der Waals surface area contributed by atoms with Crippen molar-refractivity contribution in [3.8, 4) is 5.75 Å². The smallest absolute Gasteiger partial charge is 0.349 e. The Morgan fingerprint density at radius 1 is 1.20 bits per heavy atom. The molecule has 1 amide bonds. The van der Waals surface area contributed by atoms with E-state index in [1.165, 1.54) is 0 Å². The molecule has 3 aromatic rings. The number of amides is 1. The highest BCUT2D eigenvalue weighted by Gasteiger charge is 2.32. The molecule has 4 rings (SSSR count). The van der Waals surface area contributed by atoms with Gasteiger partial charge in [0.25, 0.3) is 5.91 Å². The summed E-state index contributed by atoms with van der Waals surface area (Å²) in [5.41, 5.74) is 1.79. The normalized spacial score (nSPS) is 16.1. The molecule has 25 heavy (non-hydrogen) atoms. The molecule has 0 aliphatic carbocycles. The van der Waals surface area contributed by atoms with Crippen molar-refractivity contribution in [2.45, 2.75) is 19.4 Å². The minimum atomic E-state index is -0.626. The van der Waals surface area contributed by atoms with E-state index in [0.717, 1.165) is 17.7 Å². The monoisotopic (exact) mass is 335 g/mol. The van der Waals surface area contributed by atoms with Crippen molar-refractivity contribution in [2.75, 3.05) is 12.0 Å². The van der Waals surface area contributed by atoms with Crippen molar-refractivity contribution in [1.82, 2.24) is 0 Å². The second-order valence-corrected chi connectivity index (χ2v) is 6.21. The van der Waals surface area contributed by atoms with Crippen LogP contribution >= 0.6 is 0 Å². The highest BCUT2D eigenvalue weighted by atomic mass is 16.5. The number of carbonyl (C=O) groups excluding carboxylic acids is 1. The molecular weight excluding hydrogens is 318 g/mol. The van der Waals surface area contributed by atoms with Crippen molar-refractivity contribution in [2.24, 2.45) is 0 Å². The number of rotatable bonds is 2. The predicted molar refractivity (Wildman–Crippen MR) is 95.5 cm³/mol. The van der Waals surface area contributed by atoms with Crippen LogP contribution in [-0.4, -0.2) is 19.1 Å². The fraction of sp³-hybridized carbons (Fsp3) is 0.200. The van der Waals surface area contributed by atoms with Crippen LogP contribution in [0.2, 0.25) is 0 Å². The summed E-state index contributed by atoms with van der Waals surface area (Å²) in [6.45, 7) is 1.98. The lowest BCUT2D eigenvalue weighted by molar-refractivity contribution is 0.0978. The van der Waals surface area contributed by atoms with Crippen LogP contribution in [0.3, 0.4) is 0 Å². The van der Waals surface area contributed by atoms with Crippen LogP contribution in [0.15, 0.2) is 57.7 Å². The Bertz CT molecular complexity index is 1040. The van der Waals surface area contributed by atoms with Gasteiger partial charge in [-0.05, 0) is 49.2 Å². The number of fused-ring (bicyclic) bond motifs is 2. The third-order valence-corrected chi connectivity index (χ3v) is 4.60. The van der Waals surface area contributed by atoms with E-state index in [1.54, 1.807) is 36.3 Å². The summed E-state index contributed by atoms with van der Waals surface area (Å²) in [6, 6.07) is 14.5. The lowest BCUT2D eigenvalue weighted by atomic mass is 10.1. The van der Waals surface area contributed by atoms with Crippen molar-refractivity contribution in [1.29, 1.82) is 0 Å². The Morgan fingerprint density at radius 3 is 2.80 bits per heavy atom. The highest BCUT2D eigenvalue weighted by molar-refractivity contribution is 6.08. The first-order chi connectivity index (χ1) is 12.1. The van der Waals surface area contributed by atoms with E-state index < -0.39 is 5.63 Å². The molecular formula is C20H17NO4. The van der Waals surface area contributed by atoms with Gasteiger partial charge in [-0.15, -0.1) is 0 Å². The molecule has 5 nitrogen and oxygen atoms in total. The van der Waals surface area contributed by atoms with E-state index in [-0.39, 0.29) is 17.5 Å². The van der Waals surface area contributed by atoms with Gasteiger partial charge in [0, 0.05) is 17.1 Å². The molecule has 1 aromatic heterocycles. The quantitative estimate of drug-likeness (QED) is 0.674. The van der Waals surface area contributed by atoms with Crippen LogP contribution < -0.4 is 15.3 Å². The van der Waals surface area contributed by atoms with Crippen molar-refractivity contribution < 1.29 is 13.9 Å². The molecule has 0 radical (unpaired) electrons. The molecule has 0 N–H and O–H groups in total. The first-order valence-corrected chi connectivity index (χ1v) is 8.12. The third-order valence-electron chi connectivity index (χ3n) is 4.60. The van der Waals surface area contributed by atoms with Gasteiger partial charge in [-0.3, -0.25) is 4.79 Å². The molecule has 1 atom stereocenters. The van der Waals surface area contributed by atoms with Crippen LogP contribution in [0.4, 0.5) is 5.69 Å². The van der Waals surface area contributed by atoms with Gasteiger partial charge in [0.15, 0.2) is 0 Å². The number of carbonyl (C=O) groups is 1. The zero-order chi connectivity index (χ0) is 17.6. The molecule has 5 heteroatoms. The Morgan fingerprint density at radius 2 is 2.00 bits per heavy atom. The number of para-hydroxylation sites is 1. The molecule has 0 bridgehead atoms. The van der Waals surface area contributed by atoms with Crippen LogP contribution in [0.25, 0.3) is 11.0 Å². The van der Waals surface area contributed by atoms with Gasteiger partial charge < -0.3 is 14.1 Å². The van der Waals surface area contributed by atoms with Crippen LogP contribution in [0.1, 0.15) is 22.8 Å². The Balaban J connectivity index is 1.82. The van der Waals surface area contributed by atoms with E-state index in [1.807, 2.05) is 31.2 Å². The number of anilines is 1. The minimum absolute atomic E-state index is 0.00898. The van der Waals surface area contributed by atoms with Crippen molar-refractivity contribution >= 4 is 22.6 Å². The molecule has 2 aromatic carbocycles. The van der Waals surface area contributed by atoms with Crippen LogP contribution in [0.5, 0.6) is 5.75 Å². The Hall–Kier alpha value is -3.08. The molecule has 0 saturated heterocycles. The summed E-state index contributed by atoms with van der Waals surface area (Å²) in [6.07, 6.45) is 0.772. The number of nitrogens with zero attached hydrogens (tertiary/aromatic N) is 1. The van der Waals surface area contributed by atoms with Gasteiger partial charge in [-0.2, -0.15) is 0 Å². The summed E-state index contributed by atoms with van der Waals surface area (Å²) in [5, 5.41) is 0.655. The van der Waals surface area contributed by atoms with E-state index in [4.69, 9.17) is 9.15 Å². The lowest BCUT2D eigenvalue weighted by Crippen LogP contribution is -2.38. The molecule has 126 valence electrons. The van der Waals surface area contributed by atoms with Crippen LogP contribution in [-0.2, 0) is 6.42 Å². The van der Waals surface area contributed by atoms with Gasteiger partial charge in [0.2, 0.25) is 0 Å². The largest absolute Gasteiger partial charge is 0.497 e. The minimum Gasteiger partial charge on any atom is -0.497 e. The summed E-state index contributed by atoms with van der Waals surface area (Å²) < 4.78 is 10.5. The molecule has 1 aliphatic heterocycles. The first kappa shape index (κ1) is 15.4. The number of benzene rings is 2. The molecule has 2 heterocycles. The van der Waals surface area contributed by atoms with Gasteiger partial charge in [-0.1, -0.05) is 18.2 Å². The Labute approximate surface area is 144 Å². The lowest BCUT2D eigenvalue weighted by Gasteiger charge is -2.22. The van der Waals surface area contributed by atoms with Crippen molar-refractivity contribution in [3.05, 3.63) is 70.1 Å². The second-order valence-electron chi connectivity index (χ2n) is 6.21. The molecule has 0 fully saturated rings. The fourth-order valence-corrected chi connectivity index (χ4v) is 3.38. The second kappa shape index (κ2) is 5.77. The number of ether oxygens (including phenoxy) is 1. The maximum atomic E-state index is 13.1. The molecule has 1 aliphatic rings. The number of hydrogen-bond acceptors (Lipinski definition) is 4. The van der Waals surface area contributed by atoms with E-state index >= 15 is 0 Å². The summed E-state index contributed by atoms with van der Waals surface area (Å²) in [7, 11) is 1.56. The average molecular weight is 335 g/mol. The number of methoxy groups -OCH3 is 1. The standard InChI is InChI=1S/C20H17NO4/c1-12-9-13-5-3-4-6-17(13)21(12)19(22)16-11-14-10-15(24-2)7-8-18(14)25-20(16)23/h3-8,10-12H,9H2,1-2H3/t12-/m0/s1. The van der Waals surface area contributed by atoms with Crippen molar-refractivity contribution in [3.63, 3.8) is 0 Å². The zero-order valence-electron chi connectivity index (χ0n) is 14.0. The summed E-state index contributed by atoms with van der Waals surface area (Å²) in [4.78, 5) is 27.1. The number of hydrogen-bond donors (Lipinski definition) is 0. The molecule has 0 unspecified atom stereocenters.